The van der Waals surface area contributed by atoms with Crippen molar-refractivity contribution in [3.8, 4) is 0 Å². The van der Waals surface area contributed by atoms with Crippen LogP contribution in [0.25, 0.3) is 0 Å². The lowest BCUT2D eigenvalue weighted by Crippen LogP contribution is -2.58. The number of aromatic nitrogens is 2. The molecule has 1 aromatic heterocycles. The minimum atomic E-state index is -1.34. The first kappa shape index (κ1) is 29.6. The first-order valence-corrected chi connectivity index (χ1v) is 11.5. The van der Waals surface area contributed by atoms with Crippen molar-refractivity contribution >= 4 is 29.6 Å². The van der Waals surface area contributed by atoms with Crippen LogP contribution in [0.5, 0.6) is 0 Å². The van der Waals surface area contributed by atoms with Crippen LogP contribution < -0.4 is 27.4 Å². The van der Waals surface area contributed by atoms with E-state index in [1.807, 2.05) is 13.8 Å². The number of primary amides is 1. The number of carboxylic acid groups (broad SMARTS) is 1. The highest BCUT2D eigenvalue weighted by atomic mass is 16.4. The van der Waals surface area contributed by atoms with E-state index in [2.05, 4.69) is 25.9 Å². The molecule has 35 heavy (non-hydrogen) atoms. The van der Waals surface area contributed by atoms with E-state index in [4.69, 9.17) is 11.5 Å². The average Bonchev–Trinajstić information content (AvgIpc) is 3.25. The van der Waals surface area contributed by atoms with Crippen LogP contribution in [0.1, 0.15) is 52.7 Å². The molecule has 0 saturated heterocycles. The molecule has 0 spiro atoms. The maximum Gasteiger partial charge on any atom is 0.326 e. The number of nitrogens with two attached hydrogens (primary N) is 2. The Balaban J connectivity index is 2.90. The van der Waals surface area contributed by atoms with E-state index in [9.17, 15) is 29.1 Å². The fourth-order valence-electron chi connectivity index (χ4n) is 3.30. The molecular formula is C22H37N7O6. The van der Waals surface area contributed by atoms with Crippen LogP contribution in [0, 0.1) is 11.8 Å². The molecule has 1 aromatic rings. The van der Waals surface area contributed by atoms with Gasteiger partial charge in [-0.2, -0.15) is 0 Å². The summed E-state index contributed by atoms with van der Waals surface area (Å²) in [5.41, 5.74) is 11.7. The number of carboxylic acids is 1. The number of amides is 4. The second-order valence-electron chi connectivity index (χ2n) is 9.21. The highest BCUT2D eigenvalue weighted by Crippen LogP contribution is 2.10. The number of carbonyl (C=O) groups excluding carboxylic acids is 4. The lowest BCUT2D eigenvalue weighted by Gasteiger charge is -2.27. The number of hydrogen-bond donors (Lipinski definition) is 7. The van der Waals surface area contributed by atoms with Crippen LogP contribution in [-0.2, 0) is 30.4 Å². The normalized spacial score (nSPS) is 14.6. The summed E-state index contributed by atoms with van der Waals surface area (Å²) in [6.45, 7) is 7.13. The largest absolute Gasteiger partial charge is 0.480 e. The molecule has 0 aliphatic rings. The number of nitrogens with one attached hydrogen (secondary N) is 4. The Hall–Kier alpha value is -3.48. The van der Waals surface area contributed by atoms with Gasteiger partial charge in [0, 0.05) is 24.7 Å². The molecule has 4 unspecified atom stereocenters. The predicted molar refractivity (Wildman–Crippen MR) is 126 cm³/mol. The van der Waals surface area contributed by atoms with Crippen LogP contribution in [0.3, 0.4) is 0 Å². The molecular weight excluding hydrogens is 458 g/mol. The summed E-state index contributed by atoms with van der Waals surface area (Å²) in [6, 6.07) is -4.32. The lowest BCUT2D eigenvalue weighted by molar-refractivity contribution is -0.142. The van der Waals surface area contributed by atoms with Gasteiger partial charge in [-0.3, -0.25) is 19.2 Å². The molecule has 0 aliphatic carbocycles. The van der Waals surface area contributed by atoms with Gasteiger partial charge >= 0.3 is 5.97 Å². The fourth-order valence-corrected chi connectivity index (χ4v) is 3.30. The van der Waals surface area contributed by atoms with Crippen molar-refractivity contribution in [3.63, 3.8) is 0 Å². The van der Waals surface area contributed by atoms with Gasteiger partial charge < -0.3 is 37.5 Å². The van der Waals surface area contributed by atoms with E-state index in [-0.39, 0.29) is 37.5 Å². The van der Waals surface area contributed by atoms with Crippen molar-refractivity contribution in [3.05, 3.63) is 18.2 Å². The predicted octanol–water partition coefficient (Wildman–Crippen LogP) is -1.21. The van der Waals surface area contributed by atoms with E-state index in [0.717, 1.165) is 0 Å². The molecule has 0 radical (unpaired) electrons. The lowest BCUT2D eigenvalue weighted by atomic mass is 9.99. The molecule has 0 bridgehead atoms. The molecule has 0 saturated carbocycles. The van der Waals surface area contributed by atoms with E-state index in [1.165, 1.54) is 6.33 Å². The van der Waals surface area contributed by atoms with Crippen LogP contribution in [0.4, 0.5) is 0 Å². The van der Waals surface area contributed by atoms with Gasteiger partial charge in [-0.1, -0.05) is 27.7 Å². The molecule has 13 heteroatoms. The van der Waals surface area contributed by atoms with Crippen molar-refractivity contribution in [2.45, 2.75) is 77.5 Å². The van der Waals surface area contributed by atoms with Crippen molar-refractivity contribution in [1.82, 2.24) is 25.9 Å². The van der Waals surface area contributed by atoms with Crippen LogP contribution in [0.15, 0.2) is 12.5 Å². The summed E-state index contributed by atoms with van der Waals surface area (Å²) in [5, 5.41) is 17.0. The molecule has 4 atom stereocenters. The molecule has 1 heterocycles. The Morgan fingerprint density at radius 3 is 2.11 bits per heavy atom. The standard InChI is InChI=1S/C22H37N7O6/c1-11(2)7-16(20(32)27-15(22(34)35)5-6-17(24)30)28-21(33)18(12(3)4)29-19(31)14(23)8-13-9-25-10-26-13/h9-12,14-16,18H,5-8,23H2,1-4H3,(H2,24,30)(H,25,26)(H,27,32)(H,28,33)(H,29,31)(H,34,35). The zero-order valence-electron chi connectivity index (χ0n) is 20.5. The Morgan fingerprint density at radius 1 is 1.00 bits per heavy atom. The first-order valence-electron chi connectivity index (χ1n) is 11.5. The van der Waals surface area contributed by atoms with Crippen LogP contribution >= 0.6 is 0 Å². The molecule has 1 rings (SSSR count). The Bertz CT molecular complexity index is 872. The number of carbonyl (C=O) groups is 5. The third-order valence-corrected chi connectivity index (χ3v) is 5.21. The van der Waals surface area contributed by atoms with Gasteiger partial charge in [0.25, 0.3) is 0 Å². The molecule has 0 aromatic carbocycles. The van der Waals surface area contributed by atoms with Crippen molar-refractivity contribution in [1.29, 1.82) is 0 Å². The zero-order chi connectivity index (χ0) is 26.7. The third-order valence-electron chi connectivity index (χ3n) is 5.21. The van der Waals surface area contributed by atoms with Gasteiger partial charge in [0.15, 0.2) is 0 Å². The van der Waals surface area contributed by atoms with Gasteiger partial charge in [0.1, 0.15) is 18.1 Å². The second kappa shape index (κ2) is 14.0. The zero-order valence-corrected chi connectivity index (χ0v) is 20.5. The van der Waals surface area contributed by atoms with E-state index < -0.39 is 53.8 Å². The summed E-state index contributed by atoms with van der Waals surface area (Å²) in [7, 11) is 0. The maximum atomic E-state index is 13.1. The summed E-state index contributed by atoms with van der Waals surface area (Å²) in [4.78, 5) is 67.7. The number of hydrogen-bond acceptors (Lipinski definition) is 7. The number of aromatic amines is 1. The van der Waals surface area contributed by atoms with E-state index >= 15 is 0 Å². The number of nitrogens with zero attached hydrogens (tertiary/aromatic N) is 1. The summed E-state index contributed by atoms with van der Waals surface area (Å²) < 4.78 is 0. The number of imidazole rings is 1. The molecule has 0 fully saturated rings. The number of aliphatic carboxylic acids is 1. The minimum absolute atomic E-state index is 0.0186. The Morgan fingerprint density at radius 2 is 1.63 bits per heavy atom. The van der Waals surface area contributed by atoms with Crippen LogP contribution in [0.2, 0.25) is 0 Å². The first-order chi connectivity index (χ1) is 16.3. The second-order valence-corrected chi connectivity index (χ2v) is 9.21. The minimum Gasteiger partial charge on any atom is -0.480 e. The molecule has 4 amide bonds. The highest BCUT2D eigenvalue weighted by molar-refractivity contribution is 5.94. The quantitative estimate of drug-likeness (QED) is 0.156. The molecule has 9 N–H and O–H groups in total. The van der Waals surface area contributed by atoms with Gasteiger partial charge in [-0.25, -0.2) is 9.78 Å². The average molecular weight is 496 g/mol. The summed E-state index contributed by atoms with van der Waals surface area (Å²) >= 11 is 0. The van der Waals surface area contributed by atoms with Gasteiger partial charge in [-0.05, 0) is 24.7 Å². The third kappa shape index (κ3) is 10.5. The molecule has 196 valence electrons. The molecule has 0 aliphatic heterocycles. The summed E-state index contributed by atoms with van der Waals surface area (Å²) in [5.74, 6) is -4.24. The van der Waals surface area contributed by atoms with Crippen LogP contribution in [-0.4, -0.2) is 68.8 Å². The highest BCUT2D eigenvalue weighted by Gasteiger charge is 2.32. The topological polar surface area (TPSA) is 222 Å². The molecule has 13 nitrogen and oxygen atoms in total. The van der Waals surface area contributed by atoms with Gasteiger partial charge in [0.2, 0.25) is 23.6 Å². The SMILES string of the molecule is CC(C)CC(NC(=O)C(NC(=O)C(N)Cc1cnc[nH]1)C(C)C)C(=O)NC(CCC(N)=O)C(=O)O. The van der Waals surface area contributed by atoms with Crippen molar-refractivity contribution < 1.29 is 29.1 Å². The maximum absolute atomic E-state index is 13.1. The van der Waals surface area contributed by atoms with E-state index in [0.29, 0.717) is 5.69 Å². The Kier molecular flexibility index (Phi) is 11.9. The monoisotopic (exact) mass is 495 g/mol. The number of rotatable bonds is 15. The van der Waals surface area contributed by atoms with Crippen molar-refractivity contribution in [2.24, 2.45) is 23.3 Å². The van der Waals surface area contributed by atoms with Gasteiger partial charge in [-0.15, -0.1) is 0 Å². The van der Waals surface area contributed by atoms with E-state index in [1.54, 1.807) is 20.0 Å². The van der Waals surface area contributed by atoms with Gasteiger partial charge in [0.05, 0.1) is 12.4 Å². The fraction of sp³-hybridized carbons (Fsp3) is 0.636. The summed E-state index contributed by atoms with van der Waals surface area (Å²) in [6.07, 6.45) is 3.02. The van der Waals surface area contributed by atoms with Crippen molar-refractivity contribution in [2.75, 3.05) is 0 Å². The Labute approximate surface area is 204 Å². The number of H-pyrrole nitrogens is 1. The smallest absolute Gasteiger partial charge is 0.326 e.